The van der Waals surface area contributed by atoms with Crippen molar-refractivity contribution in [1.29, 1.82) is 0 Å². The lowest BCUT2D eigenvalue weighted by Crippen LogP contribution is -2.07. The quantitative estimate of drug-likeness (QED) is 0.483. The van der Waals surface area contributed by atoms with Crippen molar-refractivity contribution in [2.45, 2.75) is 0 Å². The van der Waals surface area contributed by atoms with Gasteiger partial charge in [-0.25, -0.2) is 0 Å². The fraction of sp³-hybridized carbons (Fsp3) is 0.227. The van der Waals surface area contributed by atoms with Crippen LogP contribution in [0.3, 0.4) is 0 Å². The number of rotatable bonds is 9. The molecule has 0 aliphatic carbocycles. The fourth-order valence-corrected chi connectivity index (χ4v) is 3.60. The van der Waals surface area contributed by atoms with Crippen LogP contribution in [0.15, 0.2) is 36.4 Å². The summed E-state index contributed by atoms with van der Waals surface area (Å²) in [7, 11) is 7.73. The second-order valence-corrected chi connectivity index (χ2v) is 7.24. The third-order valence-electron chi connectivity index (χ3n) is 4.40. The minimum Gasteiger partial charge on any atom is -0.493 e. The van der Waals surface area contributed by atoms with Gasteiger partial charge in [-0.1, -0.05) is 17.4 Å². The molecule has 10 heteroatoms. The Morgan fingerprint density at radius 3 is 2.09 bits per heavy atom. The summed E-state index contributed by atoms with van der Waals surface area (Å²) in [6.45, 7) is 0. The van der Waals surface area contributed by atoms with E-state index in [-0.39, 0.29) is 5.91 Å². The maximum Gasteiger partial charge on any atom is 0.250 e. The standard InChI is InChI=1S/C22H23N3O6S/c1-27-15-8-6-13(10-16(15)28-2)7-9-19(26)23-22-25-24-21(32-22)14-11-17(29-3)20(31-5)18(12-14)30-4/h6-12H,1-5H3,(H,23,25,26)/b9-7+. The molecule has 2 aromatic carbocycles. The minimum absolute atomic E-state index is 0.340. The van der Waals surface area contributed by atoms with Crippen molar-refractivity contribution >= 4 is 28.5 Å². The number of nitrogens with one attached hydrogen (secondary N) is 1. The van der Waals surface area contributed by atoms with Crippen LogP contribution in [-0.4, -0.2) is 51.7 Å². The Morgan fingerprint density at radius 1 is 0.844 bits per heavy atom. The van der Waals surface area contributed by atoms with Crippen molar-refractivity contribution in [1.82, 2.24) is 10.2 Å². The number of carbonyl (C=O) groups excluding carboxylic acids is 1. The molecule has 0 fully saturated rings. The number of methoxy groups -OCH3 is 5. The smallest absolute Gasteiger partial charge is 0.250 e. The van der Waals surface area contributed by atoms with Crippen LogP contribution in [0.4, 0.5) is 5.13 Å². The molecule has 1 N–H and O–H groups in total. The van der Waals surface area contributed by atoms with Crippen LogP contribution in [0.2, 0.25) is 0 Å². The Kier molecular flexibility index (Phi) is 7.50. The number of hydrogen-bond donors (Lipinski definition) is 1. The molecule has 3 aromatic rings. The van der Waals surface area contributed by atoms with E-state index in [1.807, 2.05) is 6.07 Å². The average molecular weight is 458 g/mol. The molecule has 32 heavy (non-hydrogen) atoms. The van der Waals surface area contributed by atoms with E-state index in [1.54, 1.807) is 44.6 Å². The summed E-state index contributed by atoms with van der Waals surface area (Å²) in [4.78, 5) is 12.3. The first-order valence-corrected chi connectivity index (χ1v) is 10.2. The second-order valence-electron chi connectivity index (χ2n) is 6.26. The van der Waals surface area contributed by atoms with Gasteiger partial charge in [0.25, 0.3) is 0 Å². The van der Waals surface area contributed by atoms with Gasteiger partial charge in [0.15, 0.2) is 23.0 Å². The molecule has 168 valence electrons. The molecule has 9 nitrogen and oxygen atoms in total. The molecule has 0 radical (unpaired) electrons. The lowest BCUT2D eigenvalue weighted by atomic mass is 10.2. The predicted octanol–water partition coefficient (Wildman–Crippen LogP) is 3.90. The van der Waals surface area contributed by atoms with Gasteiger partial charge in [0, 0.05) is 11.6 Å². The Balaban J connectivity index is 1.74. The summed E-state index contributed by atoms with van der Waals surface area (Å²) >= 11 is 1.22. The molecule has 0 aliphatic heterocycles. The normalized spacial score (nSPS) is 10.7. The summed E-state index contributed by atoms with van der Waals surface area (Å²) in [5.41, 5.74) is 1.51. The second kappa shape index (κ2) is 10.5. The van der Waals surface area contributed by atoms with E-state index >= 15 is 0 Å². The zero-order chi connectivity index (χ0) is 23.1. The number of carbonyl (C=O) groups is 1. The number of ether oxygens (including phenoxy) is 5. The third-order valence-corrected chi connectivity index (χ3v) is 5.29. The van der Waals surface area contributed by atoms with E-state index in [0.717, 1.165) is 11.1 Å². The van der Waals surface area contributed by atoms with Gasteiger partial charge in [0.05, 0.1) is 35.5 Å². The number of aromatic nitrogens is 2. The van der Waals surface area contributed by atoms with Crippen LogP contribution in [0, 0.1) is 0 Å². The Bertz CT molecular complexity index is 1100. The van der Waals surface area contributed by atoms with Crippen LogP contribution in [0.25, 0.3) is 16.6 Å². The predicted molar refractivity (Wildman–Crippen MR) is 122 cm³/mol. The zero-order valence-corrected chi connectivity index (χ0v) is 19.1. The molecule has 1 heterocycles. The van der Waals surface area contributed by atoms with Crippen LogP contribution >= 0.6 is 11.3 Å². The van der Waals surface area contributed by atoms with Crippen LogP contribution in [-0.2, 0) is 4.79 Å². The van der Waals surface area contributed by atoms with E-state index in [2.05, 4.69) is 15.5 Å². The molecule has 0 atom stereocenters. The number of nitrogens with zero attached hydrogens (tertiary/aromatic N) is 2. The van der Waals surface area contributed by atoms with E-state index in [4.69, 9.17) is 23.7 Å². The Labute approximate surface area is 189 Å². The van der Waals surface area contributed by atoms with E-state index < -0.39 is 0 Å². The third kappa shape index (κ3) is 5.09. The Morgan fingerprint density at radius 2 is 1.50 bits per heavy atom. The van der Waals surface area contributed by atoms with Crippen LogP contribution in [0.1, 0.15) is 5.56 Å². The van der Waals surface area contributed by atoms with Gasteiger partial charge in [-0.2, -0.15) is 0 Å². The molecule has 0 aliphatic rings. The minimum atomic E-state index is -0.340. The van der Waals surface area contributed by atoms with Crippen molar-refractivity contribution in [3.8, 4) is 39.3 Å². The number of benzene rings is 2. The molecule has 1 amide bonds. The molecule has 3 rings (SSSR count). The van der Waals surface area contributed by atoms with Crippen molar-refractivity contribution in [3.63, 3.8) is 0 Å². The first kappa shape index (κ1) is 22.9. The molecule has 1 aromatic heterocycles. The highest BCUT2D eigenvalue weighted by Crippen LogP contribution is 2.42. The first-order chi connectivity index (χ1) is 15.5. The highest BCUT2D eigenvalue weighted by Gasteiger charge is 2.17. The molecule has 0 unspecified atom stereocenters. The first-order valence-electron chi connectivity index (χ1n) is 9.37. The Hall–Kier alpha value is -3.79. The van der Waals surface area contributed by atoms with Crippen LogP contribution < -0.4 is 29.0 Å². The summed E-state index contributed by atoms with van der Waals surface area (Å²) in [5.74, 6) is 2.34. The molecule has 0 spiro atoms. The van der Waals surface area contributed by atoms with Gasteiger partial charge in [-0.15, -0.1) is 10.2 Å². The highest BCUT2D eigenvalue weighted by molar-refractivity contribution is 7.18. The van der Waals surface area contributed by atoms with Gasteiger partial charge in [0.2, 0.25) is 16.8 Å². The fourth-order valence-electron chi connectivity index (χ4n) is 2.87. The van der Waals surface area contributed by atoms with Crippen molar-refractivity contribution in [3.05, 3.63) is 42.0 Å². The summed E-state index contributed by atoms with van der Waals surface area (Å²) < 4.78 is 26.6. The number of anilines is 1. The van der Waals surface area contributed by atoms with Gasteiger partial charge >= 0.3 is 0 Å². The summed E-state index contributed by atoms with van der Waals surface area (Å²) in [6, 6.07) is 8.90. The zero-order valence-electron chi connectivity index (χ0n) is 18.3. The average Bonchev–Trinajstić information content (AvgIpc) is 3.29. The molecular weight excluding hydrogens is 434 g/mol. The summed E-state index contributed by atoms with van der Waals surface area (Å²) in [5, 5.41) is 11.9. The number of amides is 1. The van der Waals surface area contributed by atoms with E-state index in [9.17, 15) is 4.79 Å². The van der Waals surface area contributed by atoms with Crippen molar-refractivity contribution in [2.75, 3.05) is 40.9 Å². The lowest BCUT2D eigenvalue weighted by Gasteiger charge is -2.12. The van der Waals surface area contributed by atoms with Crippen molar-refractivity contribution < 1.29 is 28.5 Å². The van der Waals surface area contributed by atoms with Gasteiger partial charge in [-0.3, -0.25) is 10.1 Å². The molecule has 0 bridgehead atoms. The maximum absolute atomic E-state index is 12.3. The van der Waals surface area contributed by atoms with Gasteiger partial charge < -0.3 is 23.7 Å². The van der Waals surface area contributed by atoms with Gasteiger partial charge in [-0.05, 0) is 35.9 Å². The van der Waals surface area contributed by atoms with Crippen molar-refractivity contribution in [2.24, 2.45) is 0 Å². The maximum atomic E-state index is 12.3. The number of hydrogen-bond acceptors (Lipinski definition) is 9. The van der Waals surface area contributed by atoms with E-state index in [0.29, 0.717) is 38.9 Å². The van der Waals surface area contributed by atoms with Crippen LogP contribution in [0.5, 0.6) is 28.7 Å². The SMILES string of the molecule is COc1ccc(/C=C/C(=O)Nc2nnc(-c3cc(OC)c(OC)c(OC)c3)s2)cc1OC. The topological polar surface area (TPSA) is 101 Å². The highest BCUT2D eigenvalue weighted by atomic mass is 32.1. The van der Waals surface area contributed by atoms with E-state index in [1.165, 1.54) is 38.7 Å². The van der Waals surface area contributed by atoms with Gasteiger partial charge in [0.1, 0.15) is 5.01 Å². The monoisotopic (exact) mass is 457 g/mol. The molecular formula is C22H23N3O6S. The molecule has 0 saturated carbocycles. The molecule has 0 saturated heterocycles. The summed E-state index contributed by atoms with van der Waals surface area (Å²) in [6.07, 6.45) is 3.07. The largest absolute Gasteiger partial charge is 0.493 e. The lowest BCUT2D eigenvalue weighted by molar-refractivity contribution is -0.111.